The zero-order valence-corrected chi connectivity index (χ0v) is 20.3. The van der Waals surface area contributed by atoms with Crippen LogP contribution in [-0.4, -0.2) is 31.6 Å². The minimum absolute atomic E-state index is 0.00586. The summed E-state index contributed by atoms with van der Waals surface area (Å²) >= 11 is 0. The summed E-state index contributed by atoms with van der Waals surface area (Å²) in [6.45, 7) is 8.24. The lowest BCUT2D eigenvalue weighted by Crippen LogP contribution is -2.39. The molecule has 0 bridgehead atoms. The van der Waals surface area contributed by atoms with E-state index in [0.717, 1.165) is 22.6 Å². The molecule has 2 N–H and O–H groups in total. The number of esters is 1. The first-order valence-corrected chi connectivity index (χ1v) is 11.7. The number of ketones is 1. The van der Waals surface area contributed by atoms with Gasteiger partial charge in [0.15, 0.2) is 17.3 Å². The maximum atomic E-state index is 13.8. The minimum Gasteiger partial charge on any atom is -0.490 e. The van der Waals surface area contributed by atoms with Crippen LogP contribution in [-0.2, 0) is 14.3 Å². The fraction of sp³-hybridized carbons (Fsp3) is 0.407. The number of carbonyl (C=O) groups excluding carboxylic acids is 2. The van der Waals surface area contributed by atoms with E-state index in [2.05, 4.69) is 10.6 Å². The van der Waals surface area contributed by atoms with Crippen LogP contribution in [0.2, 0.25) is 0 Å². The highest BCUT2D eigenvalue weighted by Gasteiger charge is 2.44. The number of carbonyl (C=O) groups is 2. The maximum Gasteiger partial charge on any atom is 0.316 e. The molecular weight excluding hydrogens is 432 g/mol. The van der Waals surface area contributed by atoms with Gasteiger partial charge in [0.2, 0.25) is 0 Å². The molecule has 2 aliphatic rings. The number of anilines is 2. The molecule has 180 valence electrons. The van der Waals surface area contributed by atoms with Crippen LogP contribution in [0, 0.1) is 11.8 Å². The number of Topliss-reactive ketones (excluding diaryl/α,β-unsaturated/α-hetero) is 1. The molecule has 0 unspecified atom stereocenters. The zero-order valence-electron chi connectivity index (χ0n) is 20.3. The summed E-state index contributed by atoms with van der Waals surface area (Å²) in [5.41, 5.74) is 3.97. The highest BCUT2D eigenvalue weighted by atomic mass is 16.5. The highest BCUT2D eigenvalue weighted by molar-refractivity contribution is 6.11. The molecule has 4 rings (SSSR count). The van der Waals surface area contributed by atoms with Gasteiger partial charge in [-0.25, -0.2) is 0 Å². The fourth-order valence-electron chi connectivity index (χ4n) is 4.71. The van der Waals surface area contributed by atoms with Crippen LogP contribution in [0.15, 0.2) is 53.7 Å². The molecule has 2 aromatic rings. The number of hydrogen-bond donors (Lipinski definition) is 2. The number of fused-ring (bicyclic) bond motifs is 1. The Hall–Kier alpha value is -3.48. The summed E-state index contributed by atoms with van der Waals surface area (Å²) in [5.74, 6) is -0.481. The molecule has 0 spiro atoms. The Balaban J connectivity index is 1.85. The van der Waals surface area contributed by atoms with Crippen molar-refractivity contribution in [2.75, 3.05) is 24.4 Å². The van der Waals surface area contributed by atoms with Crippen LogP contribution in [0.5, 0.6) is 11.5 Å². The van der Waals surface area contributed by atoms with E-state index in [4.69, 9.17) is 14.2 Å². The average Bonchev–Trinajstić information content (AvgIpc) is 2.96. The Kier molecular flexibility index (Phi) is 6.82. The number of methoxy groups -OCH3 is 1. The molecule has 0 fully saturated rings. The van der Waals surface area contributed by atoms with Crippen molar-refractivity contribution in [3.05, 3.63) is 59.3 Å². The molecule has 0 aromatic heterocycles. The van der Waals surface area contributed by atoms with Crippen LogP contribution in [0.25, 0.3) is 0 Å². The van der Waals surface area contributed by atoms with Gasteiger partial charge in [0.05, 0.1) is 37.2 Å². The Labute approximate surface area is 200 Å². The first-order chi connectivity index (χ1) is 16.3. The predicted molar refractivity (Wildman–Crippen MR) is 131 cm³/mol. The van der Waals surface area contributed by atoms with E-state index in [1.807, 2.05) is 70.2 Å². The van der Waals surface area contributed by atoms with Crippen molar-refractivity contribution in [2.45, 2.75) is 46.3 Å². The molecule has 0 radical (unpaired) electrons. The molecule has 34 heavy (non-hydrogen) atoms. The number of allylic oxidation sites excluding steroid dienone is 1. The van der Waals surface area contributed by atoms with Crippen LogP contribution in [0.3, 0.4) is 0 Å². The van der Waals surface area contributed by atoms with Crippen molar-refractivity contribution in [3.8, 4) is 11.5 Å². The quantitative estimate of drug-likeness (QED) is 0.454. The van der Waals surface area contributed by atoms with Gasteiger partial charge in [-0.15, -0.1) is 0 Å². The molecule has 1 aliphatic carbocycles. The first-order valence-electron chi connectivity index (χ1n) is 11.7. The number of nitrogens with one attached hydrogen (secondary N) is 2. The van der Waals surface area contributed by atoms with E-state index in [0.29, 0.717) is 30.1 Å². The molecule has 7 nitrogen and oxygen atoms in total. The molecule has 0 amide bonds. The smallest absolute Gasteiger partial charge is 0.316 e. The Morgan fingerprint density at radius 1 is 1.12 bits per heavy atom. The zero-order chi connectivity index (χ0) is 24.4. The number of ether oxygens (including phenoxy) is 3. The average molecular weight is 465 g/mol. The number of hydrogen-bond acceptors (Lipinski definition) is 7. The largest absolute Gasteiger partial charge is 0.490 e. The molecule has 0 saturated heterocycles. The second kappa shape index (κ2) is 9.79. The van der Waals surface area contributed by atoms with Gasteiger partial charge in [-0.1, -0.05) is 25.1 Å². The highest BCUT2D eigenvalue weighted by Crippen LogP contribution is 2.45. The SMILES string of the molecule is CCOc1cc([C@@H]2Nc3ccccc3NC3=C2C(=O)[C@@H](C(=O)OC)[C@@H](C)C3)ccc1OC(C)C. The summed E-state index contributed by atoms with van der Waals surface area (Å²) in [7, 11) is 1.32. The standard InChI is InChI=1S/C27H32N2O5/c1-6-33-22-14-17(11-12-21(22)34-15(2)3)25-24-20(28-18-9-7-8-10-19(18)29-25)13-16(4)23(26(24)30)27(31)32-5/h7-12,14-16,23,25,28-29H,6,13H2,1-5H3/t16-,23-,25-/m0/s1. The van der Waals surface area contributed by atoms with Gasteiger partial charge in [0.25, 0.3) is 0 Å². The number of benzene rings is 2. The van der Waals surface area contributed by atoms with Crippen molar-refractivity contribution in [1.29, 1.82) is 0 Å². The van der Waals surface area contributed by atoms with Gasteiger partial charge >= 0.3 is 5.97 Å². The molecular formula is C27H32N2O5. The van der Waals surface area contributed by atoms with E-state index in [1.54, 1.807) is 0 Å². The van der Waals surface area contributed by atoms with Crippen molar-refractivity contribution in [2.24, 2.45) is 11.8 Å². The molecule has 3 atom stereocenters. The van der Waals surface area contributed by atoms with Gasteiger partial charge in [0, 0.05) is 11.3 Å². The van der Waals surface area contributed by atoms with Crippen molar-refractivity contribution >= 4 is 23.1 Å². The second-order valence-electron chi connectivity index (χ2n) is 8.99. The normalized spacial score (nSPS) is 21.6. The van der Waals surface area contributed by atoms with Crippen molar-refractivity contribution in [1.82, 2.24) is 0 Å². The first kappa shape index (κ1) is 23.7. The van der Waals surface area contributed by atoms with E-state index in [9.17, 15) is 9.59 Å². The van der Waals surface area contributed by atoms with Gasteiger partial charge in [0.1, 0.15) is 5.92 Å². The third-order valence-corrected chi connectivity index (χ3v) is 6.19. The van der Waals surface area contributed by atoms with Gasteiger partial charge in [-0.2, -0.15) is 0 Å². The topological polar surface area (TPSA) is 85.9 Å². The number of rotatable bonds is 6. The lowest BCUT2D eigenvalue weighted by molar-refractivity contribution is -0.151. The third-order valence-electron chi connectivity index (χ3n) is 6.19. The molecule has 0 saturated carbocycles. The number of para-hydroxylation sites is 2. The lowest BCUT2D eigenvalue weighted by atomic mass is 9.75. The van der Waals surface area contributed by atoms with E-state index in [1.165, 1.54) is 7.11 Å². The summed E-state index contributed by atoms with van der Waals surface area (Å²) in [4.78, 5) is 26.3. The summed E-state index contributed by atoms with van der Waals surface area (Å²) in [6, 6.07) is 13.1. The van der Waals surface area contributed by atoms with Crippen LogP contribution < -0.4 is 20.1 Å². The van der Waals surface area contributed by atoms with Gasteiger partial charge in [-0.3, -0.25) is 9.59 Å². The maximum absolute atomic E-state index is 13.8. The summed E-state index contributed by atoms with van der Waals surface area (Å²) in [5, 5.41) is 7.00. The Morgan fingerprint density at radius 2 is 1.85 bits per heavy atom. The summed E-state index contributed by atoms with van der Waals surface area (Å²) < 4.78 is 16.8. The second-order valence-corrected chi connectivity index (χ2v) is 8.99. The van der Waals surface area contributed by atoms with Crippen LogP contribution in [0.4, 0.5) is 11.4 Å². The van der Waals surface area contributed by atoms with Crippen molar-refractivity contribution < 1.29 is 23.8 Å². The third kappa shape index (κ3) is 4.47. The minimum atomic E-state index is -0.842. The van der Waals surface area contributed by atoms with Gasteiger partial charge in [-0.05, 0) is 62.9 Å². The van der Waals surface area contributed by atoms with E-state index in [-0.39, 0.29) is 17.8 Å². The lowest BCUT2D eigenvalue weighted by Gasteiger charge is -2.32. The molecule has 7 heteroatoms. The van der Waals surface area contributed by atoms with E-state index >= 15 is 0 Å². The fourth-order valence-corrected chi connectivity index (χ4v) is 4.71. The predicted octanol–water partition coefficient (Wildman–Crippen LogP) is 5.10. The van der Waals surface area contributed by atoms with Gasteiger partial charge < -0.3 is 24.8 Å². The monoisotopic (exact) mass is 464 g/mol. The Morgan fingerprint density at radius 3 is 2.53 bits per heavy atom. The summed E-state index contributed by atoms with van der Waals surface area (Å²) in [6.07, 6.45) is 0.550. The Bertz CT molecular complexity index is 1120. The van der Waals surface area contributed by atoms with Crippen molar-refractivity contribution in [3.63, 3.8) is 0 Å². The molecule has 1 heterocycles. The van der Waals surface area contributed by atoms with Crippen LogP contribution >= 0.6 is 0 Å². The van der Waals surface area contributed by atoms with Crippen LogP contribution in [0.1, 0.15) is 45.7 Å². The van der Waals surface area contributed by atoms with E-state index < -0.39 is 17.9 Å². The molecule has 2 aromatic carbocycles. The molecule has 1 aliphatic heterocycles.